The predicted octanol–water partition coefficient (Wildman–Crippen LogP) is -0.0163. The highest BCUT2D eigenvalue weighted by molar-refractivity contribution is 5.80. The summed E-state index contributed by atoms with van der Waals surface area (Å²) in [6.45, 7) is -0.104. The Kier molecular flexibility index (Phi) is 4.32. The molecule has 0 amide bonds. The molecule has 4 nitrogen and oxygen atoms in total. The Hall–Kier alpha value is -1.03. The van der Waals surface area contributed by atoms with Gasteiger partial charge < -0.3 is 14.9 Å². The summed E-state index contributed by atoms with van der Waals surface area (Å²) in [6.07, 6.45) is 1.17. The lowest BCUT2D eigenvalue weighted by Gasteiger charge is -2.00. The van der Waals surface area contributed by atoms with Crippen LogP contribution in [0.2, 0.25) is 0 Å². The number of hydrogen-bond donors (Lipinski definition) is 2. The highest BCUT2D eigenvalue weighted by atomic mass is 16.5. The van der Waals surface area contributed by atoms with Gasteiger partial charge in [-0.2, -0.15) is 0 Å². The lowest BCUT2D eigenvalue weighted by Crippen LogP contribution is -1.96. The largest absolute Gasteiger partial charge is 0.501 e. The first-order valence-electron chi connectivity index (χ1n) is 2.79. The second kappa shape index (κ2) is 4.81. The summed E-state index contributed by atoms with van der Waals surface area (Å²) in [5, 5.41) is 16.6. The van der Waals surface area contributed by atoms with Crippen molar-refractivity contribution in [3.8, 4) is 0 Å². The van der Waals surface area contributed by atoms with E-state index in [1.165, 1.54) is 7.11 Å². The van der Waals surface area contributed by atoms with Crippen molar-refractivity contribution in [2.75, 3.05) is 13.7 Å². The van der Waals surface area contributed by atoms with Gasteiger partial charge in [-0.3, -0.25) is 0 Å². The van der Waals surface area contributed by atoms with Gasteiger partial charge in [0.15, 0.2) is 0 Å². The molecule has 10 heavy (non-hydrogen) atoms. The van der Waals surface area contributed by atoms with E-state index in [2.05, 4.69) is 4.74 Å². The Morgan fingerprint density at radius 3 is 2.60 bits per heavy atom. The second-order valence-electron chi connectivity index (χ2n) is 1.63. The summed E-state index contributed by atoms with van der Waals surface area (Å²) < 4.78 is 4.62. The highest BCUT2D eigenvalue weighted by Crippen LogP contribution is 1.99. The number of carbonyl (C=O) groups is 1. The third-order valence-electron chi connectivity index (χ3n) is 0.905. The summed E-state index contributed by atoms with van der Waals surface area (Å²) in [7, 11) is 1.37. The maximum Gasteiger partial charge on any atom is 0.331 e. The van der Waals surface area contributed by atoms with Gasteiger partial charge in [0, 0.05) is 6.42 Å². The van der Waals surface area contributed by atoms with Crippen molar-refractivity contribution in [3.63, 3.8) is 0 Å². The normalized spacial score (nSPS) is 11.2. The predicted molar refractivity (Wildman–Crippen MR) is 34.4 cm³/mol. The molecule has 0 aromatic rings. The molecule has 0 aliphatic heterocycles. The summed E-state index contributed by atoms with van der Waals surface area (Å²) in [6, 6.07) is 0. The van der Waals surface area contributed by atoms with Gasteiger partial charge >= 0.3 is 5.97 Å². The Balaban J connectivity index is 3.91. The van der Waals surface area contributed by atoms with Gasteiger partial charge in [0.1, 0.15) is 5.76 Å². The van der Waals surface area contributed by atoms with Crippen molar-refractivity contribution in [1.29, 1.82) is 0 Å². The minimum atomic E-state index is -1.06. The molecule has 58 valence electrons. The van der Waals surface area contributed by atoms with Gasteiger partial charge in [-0.25, -0.2) is 4.79 Å². The zero-order valence-electron chi connectivity index (χ0n) is 5.70. The van der Waals surface area contributed by atoms with Gasteiger partial charge in [-0.15, -0.1) is 0 Å². The molecule has 0 atom stereocenters. The lowest BCUT2D eigenvalue weighted by atomic mass is 10.3. The van der Waals surface area contributed by atoms with Crippen LogP contribution in [-0.2, 0) is 9.53 Å². The van der Waals surface area contributed by atoms with Crippen molar-refractivity contribution in [2.45, 2.75) is 6.42 Å². The second-order valence-corrected chi connectivity index (χ2v) is 1.63. The number of rotatable bonds is 4. The van der Waals surface area contributed by atoms with E-state index in [9.17, 15) is 4.79 Å². The average molecular weight is 146 g/mol. The molecule has 0 bridgehead atoms. The fourth-order valence-corrected chi connectivity index (χ4v) is 0.481. The van der Waals surface area contributed by atoms with Crippen LogP contribution < -0.4 is 0 Å². The van der Waals surface area contributed by atoms with Gasteiger partial charge in [0.2, 0.25) is 0 Å². The topological polar surface area (TPSA) is 66.8 Å². The molecule has 0 aliphatic carbocycles. The molecule has 2 N–H and O–H groups in total. The van der Waals surface area contributed by atoms with Crippen LogP contribution in [-0.4, -0.2) is 29.9 Å². The number of carboxylic acid groups (broad SMARTS) is 1. The Bertz CT molecular complexity index is 139. The smallest absolute Gasteiger partial charge is 0.331 e. The molecule has 0 rings (SSSR count). The molecular weight excluding hydrogens is 136 g/mol. The monoisotopic (exact) mass is 146 g/mol. The SMILES string of the molecule is CO/C(=C/C(=O)O)CCO. The van der Waals surface area contributed by atoms with E-state index < -0.39 is 5.97 Å². The van der Waals surface area contributed by atoms with Crippen LogP contribution in [0.1, 0.15) is 6.42 Å². The lowest BCUT2D eigenvalue weighted by molar-refractivity contribution is -0.131. The third kappa shape index (κ3) is 3.91. The number of aliphatic carboxylic acids is 1. The van der Waals surface area contributed by atoms with E-state index in [1.54, 1.807) is 0 Å². The molecule has 0 aliphatic rings. The van der Waals surface area contributed by atoms with Crippen molar-refractivity contribution in [3.05, 3.63) is 11.8 Å². The average Bonchev–Trinajstić information content (AvgIpc) is 1.86. The van der Waals surface area contributed by atoms with Crippen LogP contribution in [0.4, 0.5) is 0 Å². The molecule has 0 unspecified atom stereocenters. The van der Waals surface area contributed by atoms with Crippen molar-refractivity contribution in [1.82, 2.24) is 0 Å². The molecule has 4 heteroatoms. The minimum absolute atomic E-state index is 0.104. The summed E-state index contributed by atoms with van der Waals surface area (Å²) in [5.74, 6) is -0.791. The van der Waals surface area contributed by atoms with Crippen molar-refractivity contribution in [2.24, 2.45) is 0 Å². The fraction of sp³-hybridized carbons (Fsp3) is 0.500. The van der Waals surface area contributed by atoms with Crippen LogP contribution in [0.15, 0.2) is 11.8 Å². The quantitative estimate of drug-likeness (QED) is 0.432. The van der Waals surface area contributed by atoms with Crippen LogP contribution >= 0.6 is 0 Å². The first-order chi connectivity index (χ1) is 4.70. The molecule has 0 aromatic carbocycles. The van der Waals surface area contributed by atoms with E-state index in [4.69, 9.17) is 10.2 Å². The van der Waals surface area contributed by atoms with E-state index in [-0.39, 0.29) is 18.8 Å². The van der Waals surface area contributed by atoms with E-state index >= 15 is 0 Å². The Morgan fingerprint density at radius 2 is 2.30 bits per heavy atom. The number of aliphatic hydroxyl groups excluding tert-OH is 1. The van der Waals surface area contributed by atoms with Gasteiger partial charge in [-0.05, 0) is 0 Å². The van der Waals surface area contributed by atoms with Gasteiger partial charge in [0.05, 0.1) is 19.8 Å². The molecular formula is C6H10O4. The zero-order chi connectivity index (χ0) is 7.98. The summed E-state index contributed by atoms with van der Waals surface area (Å²) in [5.41, 5.74) is 0. The van der Waals surface area contributed by atoms with E-state index in [0.717, 1.165) is 6.08 Å². The highest BCUT2D eigenvalue weighted by Gasteiger charge is 1.97. The Morgan fingerprint density at radius 1 is 1.70 bits per heavy atom. The summed E-state index contributed by atoms with van der Waals surface area (Å²) >= 11 is 0. The molecule has 0 spiro atoms. The number of aliphatic hydroxyl groups is 1. The van der Waals surface area contributed by atoms with Gasteiger partial charge in [0.25, 0.3) is 0 Å². The van der Waals surface area contributed by atoms with Crippen LogP contribution in [0, 0.1) is 0 Å². The van der Waals surface area contributed by atoms with Crippen LogP contribution in [0.5, 0.6) is 0 Å². The molecule has 0 aromatic heterocycles. The molecule has 0 radical (unpaired) electrons. The molecule has 0 fully saturated rings. The number of carboxylic acids is 1. The fourth-order valence-electron chi connectivity index (χ4n) is 0.481. The maximum absolute atomic E-state index is 10.0. The first-order valence-corrected chi connectivity index (χ1v) is 2.79. The third-order valence-corrected chi connectivity index (χ3v) is 0.905. The minimum Gasteiger partial charge on any atom is -0.501 e. The zero-order valence-corrected chi connectivity index (χ0v) is 5.70. The number of hydrogen-bond acceptors (Lipinski definition) is 3. The molecule has 0 heterocycles. The van der Waals surface area contributed by atoms with Gasteiger partial charge in [-0.1, -0.05) is 0 Å². The standard InChI is InChI=1S/C6H10O4/c1-10-5(2-3-7)4-6(8)9/h4,7H,2-3H2,1H3,(H,8,9)/b5-4+. The maximum atomic E-state index is 10.0. The molecule has 0 saturated carbocycles. The Labute approximate surface area is 58.7 Å². The van der Waals surface area contributed by atoms with Crippen molar-refractivity contribution >= 4 is 5.97 Å². The van der Waals surface area contributed by atoms with E-state index in [1.807, 2.05) is 0 Å². The summed E-state index contributed by atoms with van der Waals surface area (Å²) in [4.78, 5) is 10.0. The first kappa shape index (κ1) is 8.97. The van der Waals surface area contributed by atoms with Crippen LogP contribution in [0.25, 0.3) is 0 Å². The van der Waals surface area contributed by atoms with E-state index in [0.29, 0.717) is 0 Å². The number of ether oxygens (including phenoxy) is 1. The number of methoxy groups -OCH3 is 1. The van der Waals surface area contributed by atoms with Crippen molar-refractivity contribution < 1.29 is 19.7 Å². The van der Waals surface area contributed by atoms with Crippen LogP contribution in [0.3, 0.4) is 0 Å². The molecule has 0 saturated heterocycles.